The number of aromatic carboxylic acids is 1. The number of hydrogen-bond donors (Lipinski definition) is 2. The Morgan fingerprint density at radius 3 is 2.15 bits per heavy atom. The van der Waals surface area contributed by atoms with Crippen molar-refractivity contribution in [3.05, 3.63) is 76.6 Å². The zero-order chi connectivity index (χ0) is 24.6. The molecule has 0 amide bonds. The quantitative estimate of drug-likeness (QED) is 0.149. The van der Waals surface area contributed by atoms with Gasteiger partial charge in [-0.2, -0.15) is 0 Å². The molecule has 0 bridgehead atoms. The van der Waals surface area contributed by atoms with Gasteiger partial charge in [0.05, 0.1) is 22.2 Å². The molecule has 1 aromatic heterocycles. The first kappa shape index (κ1) is 23.1. The second kappa shape index (κ2) is 9.02. The Morgan fingerprint density at radius 1 is 1.00 bits per heavy atom. The van der Waals surface area contributed by atoms with Crippen molar-refractivity contribution in [3.8, 4) is 34.6 Å². The Balaban J connectivity index is 1.84. The van der Waals surface area contributed by atoms with E-state index in [0.717, 1.165) is 18.1 Å². The number of aryl methyl sites for hydroxylation is 2. The number of aromatic amines is 1. The lowest BCUT2D eigenvalue weighted by Gasteiger charge is -2.13. The van der Waals surface area contributed by atoms with Gasteiger partial charge in [-0.15, -0.1) is 12.3 Å². The number of carboxylic acid groups (broad SMARTS) is 1. The number of carbonyl (C=O) groups is 1. The van der Waals surface area contributed by atoms with E-state index in [2.05, 4.69) is 15.9 Å². The fraction of sp³-hybridized carbons (Fsp3) is 0.154. The van der Waals surface area contributed by atoms with E-state index >= 15 is 17.6 Å². The van der Waals surface area contributed by atoms with Gasteiger partial charge in [0.15, 0.2) is 23.3 Å². The molecule has 8 heteroatoms. The number of nitrogens with one attached hydrogen (secondary N) is 1. The Labute approximate surface area is 192 Å². The highest BCUT2D eigenvalue weighted by Crippen LogP contribution is 2.38. The third-order valence-electron chi connectivity index (χ3n) is 5.52. The molecule has 0 aliphatic rings. The first-order valence-electron chi connectivity index (χ1n) is 10.4. The van der Waals surface area contributed by atoms with E-state index < -0.39 is 40.4 Å². The number of halogens is 4. The zero-order valence-electron chi connectivity index (χ0n) is 18.0. The molecular weight excluding hydrogens is 448 g/mol. The third kappa shape index (κ3) is 4.01. The van der Waals surface area contributed by atoms with E-state index in [1.165, 1.54) is 18.2 Å². The summed E-state index contributed by atoms with van der Waals surface area (Å²) in [4.78, 5) is 18.5. The number of H-pyrrole nitrogens is 1. The monoisotopic (exact) mass is 466 g/mol. The molecule has 4 rings (SSSR count). The molecule has 4 aromatic rings. The van der Waals surface area contributed by atoms with Crippen molar-refractivity contribution >= 4 is 17.0 Å². The molecule has 2 N–H and O–H groups in total. The maximum absolute atomic E-state index is 15.1. The summed E-state index contributed by atoms with van der Waals surface area (Å²) in [6, 6.07) is 8.13. The van der Waals surface area contributed by atoms with Crippen LogP contribution in [0.15, 0.2) is 36.4 Å². The van der Waals surface area contributed by atoms with Crippen LogP contribution in [0.2, 0.25) is 0 Å². The molecule has 4 nitrogen and oxygen atoms in total. The van der Waals surface area contributed by atoms with E-state index in [-0.39, 0.29) is 27.7 Å². The van der Waals surface area contributed by atoms with E-state index in [4.69, 9.17) is 6.42 Å². The number of nitrogens with zero attached hydrogens (tertiary/aromatic N) is 1. The van der Waals surface area contributed by atoms with E-state index in [1.807, 2.05) is 0 Å². The summed E-state index contributed by atoms with van der Waals surface area (Å²) in [5.41, 5.74) is -1.48. The van der Waals surface area contributed by atoms with Crippen molar-refractivity contribution in [2.75, 3.05) is 0 Å². The van der Waals surface area contributed by atoms with Crippen LogP contribution in [0.5, 0.6) is 0 Å². The summed E-state index contributed by atoms with van der Waals surface area (Å²) >= 11 is 0. The molecule has 0 unspecified atom stereocenters. The number of rotatable bonds is 6. The molecule has 0 saturated carbocycles. The van der Waals surface area contributed by atoms with Crippen LogP contribution in [0.4, 0.5) is 17.6 Å². The smallest absolute Gasteiger partial charge is 0.337 e. The minimum Gasteiger partial charge on any atom is -0.478 e. The van der Waals surface area contributed by atoms with Gasteiger partial charge in [-0.05, 0) is 48.6 Å². The van der Waals surface area contributed by atoms with Crippen LogP contribution in [-0.2, 0) is 6.42 Å². The molecule has 1 heterocycles. The molecule has 0 aliphatic carbocycles. The van der Waals surface area contributed by atoms with E-state index in [0.29, 0.717) is 18.7 Å². The fourth-order valence-electron chi connectivity index (χ4n) is 3.92. The van der Waals surface area contributed by atoms with Gasteiger partial charge >= 0.3 is 5.97 Å². The predicted molar refractivity (Wildman–Crippen MR) is 120 cm³/mol. The minimum absolute atomic E-state index is 0.0362. The minimum atomic E-state index is -1.63. The lowest BCUT2D eigenvalue weighted by Crippen LogP contribution is -2.05. The maximum atomic E-state index is 15.1. The number of carboxylic acids is 1. The van der Waals surface area contributed by atoms with Gasteiger partial charge in [0.2, 0.25) is 0 Å². The zero-order valence-corrected chi connectivity index (χ0v) is 18.0. The summed E-state index contributed by atoms with van der Waals surface area (Å²) in [6.45, 7) is 1.57. The largest absolute Gasteiger partial charge is 0.478 e. The van der Waals surface area contributed by atoms with Gasteiger partial charge in [-0.1, -0.05) is 24.3 Å². The van der Waals surface area contributed by atoms with Gasteiger partial charge in [0.25, 0.3) is 0 Å². The highest BCUT2D eigenvalue weighted by atomic mass is 19.2. The lowest BCUT2D eigenvalue weighted by molar-refractivity contribution is 0.0699. The molecule has 0 saturated heterocycles. The lowest BCUT2D eigenvalue weighted by atomic mass is 9.95. The van der Waals surface area contributed by atoms with Crippen LogP contribution < -0.4 is 0 Å². The predicted octanol–water partition coefficient (Wildman–Crippen LogP) is 6.42. The van der Waals surface area contributed by atoms with Crippen LogP contribution in [0.3, 0.4) is 0 Å². The van der Waals surface area contributed by atoms with Crippen molar-refractivity contribution in [2.24, 2.45) is 0 Å². The summed E-state index contributed by atoms with van der Waals surface area (Å²) in [5, 5.41) is 9.50. The van der Waals surface area contributed by atoms with Crippen molar-refractivity contribution in [3.63, 3.8) is 0 Å². The molecule has 0 fully saturated rings. The number of aromatic nitrogens is 2. The van der Waals surface area contributed by atoms with Gasteiger partial charge in [0, 0.05) is 6.42 Å². The van der Waals surface area contributed by atoms with E-state index in [1.54, 1.807) is 19.1 Å². The topological polar surface area (TPSA) is 66.0 Å². The highest BCUT2D eigenvalue weighted by molar-refractivity contribution is 6.03. The van der Waals surface area contributed by atoms with Crippen LogP contribution >= 0.6 is 0 Å². The number of fused-ring (bicyclic) bond motifs is 1. The van der Waals surface area contributed by atoms with Crippen molar-refractivity contribution in [1.82, 2.24) is 9.97 Å². The van der Waals surface area contributed by atoms with Crippen LogP contribution in [-0.4, -0.2) is 21.0 Å². The van der Waals surface area contributed by atoms with Crippen LogP contribution in [0.25, 0.3) is 33.3 Å². The molecule has 0 radical (unpaired) electrons. The number of unbranched alkanes of at least 4 members (excludes halogenated alkanes) is 1. The van der Waals surface area contributed by atoms with Crippen LogP contribution in [0.1, 0.15) is 34.6 Å². The highest BCUT2D eigenvalue weighted by Gasteiger charge is 2.28. The summed E-state index contributed by atoms with van der Waals surface area (Å²) in [7, 11) is 0. The first-order valence-corrected chi connectivity index (χ1v) is 10.4. The average molecular weight is 466 g/mol. The van der Waals surface area contributed by atoms with Gasteiger partial charge in [-0.3, -0.25) is 0 Å². The second-order valence-corrected chi connectivity index (χ2v) is 7.81. The van der Waals surface area contributed by atoms with Crippen LogP contribution in [0, 0.1) is 42.5 Å². The Hall–Kier alpha value is -4.12. The normalized spacial score (nSPS) is 11.1. The molecule has 172 valence electrons. The maximum Gasteiger partial charge on any atom is 0.337 e. The standard InChI is InChI=1S/C26H18F4N2O2/c1-3-4-5-6-14-7-9-15(10-8-14)19-21(27)23(29)20(24(30)22(19)28)16-11-17(26(33)34)25-18(12-16)31-13(2)32-25/h1,7-12H,4-6H2,2H3,(H,31,32)(H,33,34). The molecule has 0 atom stereocenters. The summed E-state index contributed by atoms with van der Waals surface area (Å²) < 4.78 is 60.4. The molecule has 0 aliphatic heterocycles. The van der Waals surface area contributed by atoms with Gasteiger partial charge < -0.3 is 10.1 Å². The van der Waals surface area contributed by atoms with Gasteiger partial charge in [0.1, 0.15) is 11.3 Å². The SMILES string of the molecule is C#CCCCc1ccc(-c2c(F)c(F)c(-c3cc(C(=O)O)c4nc(C)[nH]c4c3)c(F)c2F)cc1. The number of benzene rings is 3. The Bertz CT molecular complexity index is 1440. The van der Waals surface area contributed by atoms with Crippen molar-refractivity contribution in [1.29, 1.82) is 0 Å². The fourth-order valence-corrected chi connectivity index (χ4v) is 3.92. The molecule has 34 heavy (non-hydrogen) atoms. The molecule has 0 spiro atoms. The summed E-state index contributed by atoms with van der Waals surface area (Å²) in [5.74, 6) is -4.92. The van der Waals surface area contributed by atoms with Crippen molar-refractivity contribution in [2.45, 2.75) is 26.2 Å². The summed E-state index contributed by atoms with van der Waals surface area (Å²) in [6.07, 6.45) is 7.18. The Morgan fingerprint density at radius 2 is 1.59 bits per heavy atom. The van der Waals surface area contributed by atoms with Gasteiger partial charge in [-0.25, -0.2) is 27.3 Å². The average Bonchev–Trinajstić information content (AvgIpc) is 3.18. The van der Waals surface area contributed by atoms with E-state index in [9.17, 15) is 9.90 Å². The number of terminal acetylenes is 1. The number of hydrogen-bond acceptors (Lipinski definition) is 2. The number of imidazole rings is 1. The molecular formula is C26H18F4N2O2. The third-order valence-corrected chi connectivity index (χ3v) is 5.52. The first-order chi connectivity index (χ1) is 16.2. The Kier molecular flexibility index (Phi) is 6.12. The van der Waals surface area contributed by atoms with Crippen molar-refractivity contribution < 1.29 is 27.5 Å². The second-order valence-electron chi connectivity index (χ2n) is 7.81. The molecule has 3 aromatic carbocycles.